The second-order valence-corrected chi connectivity index (χ2v) is 6.53. The molecular weight excluding hydrogens is 331 g/mol. The van der Waals surface area contributed by atoms with E-state index in [0.717, 1.165) is 30.5 Å². The molecule has 5 nitrogen and oxygen atoms in total. The van der Waals surface area contributed by atoms with Gasteiger partial charge in [0, 0.05) is 23.3 Å². The molecule has 0 saturated heterocycles. The largest absolute Gasteiger partial charge is 0.344 e. The summed E-state index contributed by atoms with van der Waals surface area (Å²) < 4.78 is 15.7. The molecule has 1 aromatic heterocycles. The Morgan fingerprint density at radius 3 is 2.75 bits per heavy atom. The van der Waals surface area contributed by atoms with Gasteiger partial charge in [-0.15, -0.1) is 12.4 Å². The van der Waals surface area contributed by atoms with E-state index >= 15 is 0 Å². The number of nitrogens with zero attached hydrogens (tertiary/aromatic N) is 2. The standard InChI is InChI=1S/C17H21FN4O.ClH/c1-17(2,10-19)20-16(23)15-11-6-5-9-13(11)22(21-15)14-8-4-3-7-12(14)18;/h3-4,7-8H,5-6,9-10,19H2,1-2H3,(H,20,23);1H. The Kier molecular flexibility index (Phi) is 5.30. The molecule has 0 saturated carbocycles. The number of carbonyl (C=O) groups is 1. The molecule has 0 fully saturated rings. The molecule has 0 unspecified atom stereocenters. The number of hydrogen-bond donors (Lipinski definition) is 2. The van der Waals surface area contributed by atoms with Crippen LogP contribution < -0.4 is 11.1 Å². The third-order valence-electron chi connectivity index (χ3n) is 4.19. The summed E-state index contributed by atoms with van der Waals surface area (Å²) in [6, 6.07) is 6.47. The van der Waals surface area contributed by atoms with Gasteiger partial charge in [-0.2, -0.15) is 5.10 Å². The number of hydrogen-bond acceptors (Lipinski definition) is 3. The second-order valence-electron chi connectivity index (χ2n) is 6.53. The molecule has 0 bridgehead atoms. The van der Waals surface area contributed by atoms with Gasteiger partial charge < -0.3 is 11.1 Å². The highest BCUT2D eigenvalue weighted by atomic mass is 35.5. The zero-order valence-electron chi connectivity index (χ0n) is 13.8. The number of aromatic nitrogens is 2. The average Bonchev–Trinajstić information content (AvgIpc) is 3.09. The van der Waals surface area contributed by atoms with Crippen LogP contribution in [0.1, 0.15) is 42.0 Å². The van der Waals surface area contributed by atoms with Crippen LogP contribution in [0.25, 0.3) is 5.69 Å². The number of nitrogens with two attached hydrogens (primary N) is 1. The van der Waals surface area contributed by atoms with Gasteiger partial charge in [0.15, 0.2) is 5.69 Å². The molecule has 1 aliphatic carbocycles. The topological polar surface area (TPSA) is 72.9 Å². The Bertz CT molecular complexity index is 757. The molecule has 3 N–H and O–H groups in total. The van der Waals surface area contributed by atoms with Crippen molar-refractivity contribution in [3.8, 4) is 5.69 Å². The lowest BCUT2D eigenvalue weighted by molar-refractivity contribution is 0.0909. The highest BCUT2D eigenvalue weighted by molar-refractivity contribution is 5.94. The van der Waals surface area contributed by atoms with E-state index in [1.165, 1.54) is 6.07 Å². The van der Waals surface area contributed by atoms with Gasteiger partial charge in [-0.3, -0.25) is 4.79 Å². The Morgan fingerprint density at radius 1 is 1.38 bits per heavy atom. The van der Waals surface area contributed by atoms with Gasteiger partial charge in [-0.05, 0) is 45.2 Å². The summed E-state index contributed by atoms with van der Waals surface area (Å²) in [5.41, 5.74) is 7.75. The smallest absolute Gasteiger partial charge is 0.272 e. The van der Waals surface area contributed by atoms with Crippen molar-refractivity contribution in [1.82, 2.24) is 15.1 Å². The fraction of sp³-hybridized carbons (Fsp3) is 0.412. The van der Waals surface area contributed by atoms with Crippen molar-refractivity contribution < 1.29 is 9.18 Å². The summed E-state index contributed by atoms with van der Waals surface area (Å²) in [5, 5.41) is 7.30. The molecule has 130 valence electrons. The number of halogens is 2. The first-order valence-electron chi connectivity index (χ1n) is 7.81. The zero-order valence-corrected chi connectivity index (χ0v) is 14.6. The lowest BCUT2D eigenvalue weighted by Gasteiger charge is -2.23. The lowest BCUT2D eigenvalue weighted by atomic mass is 10.1. The van der Waals surface area contributed by atoms with E-state index in [-0.39, 0.29) is 24.1 Å². The Labute approximate surface area is 146 Å². The van der Waals surface area contributed by atoms with Crippen molar-refractivity contribution in [2.24, 2.45) is 5.73 Å². The number of nitrogens with one attached hydrogen (secondary N) is 1. The van der Waals surface area contributed by atoms with E-state index in [4.69, 9.17) is 5.73 Å². The molecule has 2 aromatic rings. The number of para-hydroxylation sites is 1. The van der Waals surface area contributed by atoms with Crippen molar-refractivity contribution in [1.29, 1.82) is 0 Å². The van der Waals surface area contributed by atoms with Crippen molar-refractivity contribution in [2.75, 3.05) is 6.54 Å². The van der Waals surface area contributed by atoms with Crippen LogP contribution >= 0.6 is 12.4 Å². The molecule has 24 heavy (non-hydrogen) atoms. The number of amides is 1. The summed E-state index contributed by atoms with van der Waals surface area (Å²) >= 11 is 0. The molecular formula is C17H22ClFN4O. The van der Waals surface area contributed by atoms with Gasteiger partial charge in [0.2, 0.25) is 0 Å². The summed E-state index contributed by atoms with van der Waals surface area (Å²) in [6.07, 6.45) is 2.53. The summed E-state index contributed by atoms with van der Waals surface area (Å²) in [5.74, 6) is -0.604. The van der Waals surface area contributed by atoms with Gasteiger partial charge in [-0.1, -0.05) is 12.1 Å². The predicted octanol–water partition coefficient (Wildman–Crippen LogP) is 2.39. The Hall–Kier alpha value is -1.92. The summed E-state index contributed by atoms with van der Waals surface area (Å²) in [7, 11) is 0. The number of rotatable bonds is 4. The molecule has 0 radical (unpaired) electrons. The minimum atomic E-state index is -0.510. The maximum absolute atomic E-state index is 14.1. The summed E-state index contributed by atoms with van der Waals surface area (Å²) in [6.45, 7) is 4.05. The maximum atomic E-state index is 14.1. The third kappa shape index (κ3) is 3.30. The van der Waals surface area contributed by atoms with Crippen molar-refractivity contribution >= 4 is 18.3 Å². The maximum Gasteiger partial charge on any atom is 0.272 e. The highest BCUT2D eigenvalue weighted by Gasteiger charge is 2.29. The van der Waals surface area contributed by atoms with E-state index in [1.54, 1.807) is 22.9 Å². The minimum absolute atomic E-state index is 0. The SMILES string of the molecule is CC(C)(CN)NC(=O)c1nn(-c2ccccc2F)c2c1CCC2.Cl. The van der Waals surface area contributed by atoms with E-state index < -0.39 is 5.54 Å². The van der Waals surface area contributed by atoms with Crippen LogP contribution in [-0.2, 0) is 12.8 Å². The van der Waals surface area contributed by atoms with Crippen molar-refractivity contribution in [3.05, 3.63) is 47.0 Å². The van der Waals surface area contributed by atoms with E-state index in [2.05, 4.69) is 10.4 Å². The molecule has 1 heterocycles. The molecule has 3 rings (SSSR count). The summed E-state index contributed by atoms with van der Waals surface area (Å²) in [4.78, 5) is 12.6. The molecule has 7 heteroatoms. The first-order valence-corrected chi connectivity index (χ1v) is 7.81. The fourth-order valence-electron chi connectivity index (χ4n) is 2.86. The van der Waals surface area contributed by atoms with Gasteiger partial charge in [-0.25, -0.2) is 9.07 Å². The number of fused-ring (bicyclic) bond motifs is 1. The Morgan fingerprint density at radius 2 is 2.08 bits per heavy atom. The van der Waals surface area contributed by atoms with E-state index in [0.29, 0.717) is 17.9 Å². The van der Waals surface area contributed by atoms with Crippen LogP contribution in [0.5, 0.6) is 0 Å². The Balaban J connectivity index is 0.00000208. The van der Waals surface area contributed by atoms with E-state index in [9.17, 15) is 9.18 Å². The van der Waals surface area contributed by atoms with Crippen LogP contribution in [0.4, 0.5) is 4.39 Å². The minimum Gasteiger partial charge on any atom is -0.344 e. The lowest BCUT2D eigenvalue weighted by Crippen LogP contribution is -2.49. The fourth-order valence-corrected chi connectivity index (χ4v) is 2.86. The molecule has 0 spiro atoms. The molecule has 1 aliphatic rings. The van der Waals surface area contributed by atoms with Crippen LogP contribution in [0.15, 0.2) is 24.3 Å². The second kappa shape index (κ2) is 6.91. The van der Waals surface area contributed by atoms with Crippen molar-refractivity contribution in [3.63, 3.8) is 0 Å². The van der Waals surface area contributed by atoms with Crippen molar-refractivity contribution in [2.45, 2.75) is 38.6 Å². The van der Waals surface area contributed by atoms with Crippen LogP contribution in [0.3, 0.4) is 0 Å². The van der Waals surface area contributed by atoms with E-state index in [1.807, 2.05) is 13.8 Å². The molecule has 1 aromatic carbocycles. The monoisotopic (exact) mass is 352 g/mol. The molecule has 1 amide bonds. The van der Waals surface area contributed by atoms with Gasteiger partial charge in [0.1, 0.15) is 11.5 Å². The normalized spacial score (nSPS) is 13.3. The van der Waals surface area contributed by atoms with Gasteiger partial charge in [0.05, 0.1) is 0 Å². The van der Waals surface area contributed by atoms with Crippen LogP contribution in [0.2, 0.25) is 0 Å². The van der Waals surface area contributed by atoms with Gasteiger partial charge >= 0.3 is 0 Å². The predicted molar refractivity (Wildman–Crippen MR) is 93.4 cm³/mol. The quantitative estimate of drug-likeness (QED) is 0.887. The molecule has 0 atom stereocenters. The first-order chi connectivity index (χ1) is 10.9. The van der Waals surface area contributed by atoms with Gasteiger partial charge in [0.25, 0.3) is 5.91 Å². The van der Waals surface area contributed by atoms with Crippen LogP contribution in [0, 0.1) is 5.82 Å². The highest BCUT2D eigenvalue weighted by Crippen LogP contribution is 2.28. The average molecular weight is 353 g/mol. The first kappa shape index (κ1) is 18.4. The number of benzene rings is 1. The third-order valence-corrected chi connectivity index (χ3v) is 4.19. The molecule has 0 aliphatic heterocycles. The zero-order chi connectivity index (χ0) is 16.6. The number of carbonyl (C=O) groups excluding carboxylic acids is 1. The van der Waals surface area contributed by atoms with Crippen LogP contribution in [-0.4, -0.2) is 27.8 Å².